The van der Waals surface area contributed by atoms with Crippen LogP contribution in [0.3, 0.4) is 0 Å². The van der Waals surface area contributed by atoms with E-state index in [1.165, 1.54) is 0 Å². The van der Waals surface area contributed by atoms with Crippen molar-refractivity contribution in [2.75, 3.05) is 0 Å². The number of carbonyl (C=O) groups is 1. The van der Waals surface area contributed by atoms with Gasteiger partial charge in [0.15, 0.2) is 0 Å². The van der Waals surface area contributed by atoms with Gasteiger partial charge in [0, 0.05) is 6.04 Å². The van der Waals surface area contributed by atoms with Gasteiger partial charge in [-0.15, -0.1) is 0 Å². The molecular weight excluding hydrogens is 247 g/mol. The number of nitrogens with one attached hydrogen (secondary N) is 1. The van der Waals surface area contributed by atoms with E-state index in [-0.39, 0.29) is 18.0 Å². The Hall–Kier alpha value is -0.770. The Morgan fingerprint density at radius 2 is 1.94 bits per heavy atom. The lowest BCUT2D eigenvalue weighted by Crippen LogP contribution is -2.39. The molecule has 0 radical (unpaired) electrons. The van der Waals surface area contributed by atoms with E-state index in [9.17, 15) is 4.79 Å². The fourth-order valence-electron chi connectivity index (χ4n) is 1.34. The Labute approximate surface area is 105 Å². The molecule has 1 rings (SSSR count). The molecular formula is C11H14Cl2N2O. The van der Waals surface area contributed by atoms with E-state index in [0.717, 1.165) is 5.56 Å². The Morgan fingerprint density at radius 1 is 1.31 bits per heavy atom. The van der Waals surface area contributed by atoms with Gasteiger partial charge >= 0.3 is 0 Å². The maximum atomic E-state index is 10.9. The van der Waals surface area contributed by atoms with E-state index >= 15 is 0 Å². The summed E-state index contributed by atoms with van der Waals surface area (Å²) in [5.74, 6) is -0.382. The number of hydrogen-bond donors (Lipinski definition) is 2. The highest BCUT2D eigenvalue weighted by molar-refractivity contribution is 6.42. The van der Waals surface area contributed by atoms with Gasteiger partial charge < -0.3 is 5.73 Å². The predicted octanol–water partition coefficient (Wildman–Crippen LogP) is 2.52. The van der Waals surface area contributed by atoms with Crippen molar-refractivity contribution >= 4 is 29.1 Å². The van der Waals surface area contributed by atoms with Crippen LogP contribution in [0.1, 0.15) is 25.5 Å². The summed E-state index contributed by atoms with van der Waals surface area (Å²) >= 11 is 11.7. The average molecular weight is 261 g/mol. The SMILES string of the molecule is CC(NC(C)c1ccc(Cl)c(Cl)c1)C(N)=O. The van der Waals surface area contributed by atoms with Crippen molar-refractivity contribution in [2.24, 2.45) is 5.73 Å². The molecule has 88 valence electrons. The van der Waals surface area contributed by atoms with Crippen molar-refractivity contribution in [3.05, 3.63) is 33.8 Å². The lowest BCUT2D eigenvalue weighted by molar-refractivity contribution is -0.119. The second kappa shape index (κ2) is 5.53. The maximum absolute atomic E-state index is 10.9. The number of rotatable bonds is 4. The van der Waals surface area contributed by atoms with Gasteiger partial charge in [-0.1, -0.05) is 29.3 Å². The first-order chi connectivity index (χ1) is 7.41. The molecule has 2 atom stereocenters. The quantitative estimate of drug-likeness (QED) is 0.874. The summed E-state index contributed by atoms with van der Waals surface area (Å²) in [7, 11) is 0. The molecule has 0 aromatic heterocycles. The molecule has 5 heteroatoms. The number of primary amides is 1. The fraction of sp³-hybridized carbons (Fsp3) is 0.364. The minimum absolute atomic E-state index is 0.0164. The lowest BCUT2D eigenvalue weighted by Gasteiger charge is -2.18. The number of nitrogens with two attached hydrogens (primary N) is 1. The maximum Gasteiger partial charge on any atom is 0.234 e. The van der Waals surface area contributed by atoms with Crippen LogP contribution in [-0.2, 0) is 4.79 Å². The number of hydrogen-bond acceptors (Lipinski definition) is 2. The Morgan fingerprint density at radius 3 is 2.44 bits per heavy atom. The third-order valence-electron chi connectivity index (χ3n) is 2.37. The van der Waals surface area contributed by atoms with E-state index in [0.29, 0.717) is 10.0 Å². The highest BCUT2D eigenvalue weighted by atomic mass is 35.5. The van der Waals surface area contributed by atoms with Gasteiger partial charge in [-0.25, -0.2) is 0 Å². The molecule has 16 heavy (non-hydrogen) atoms. The molecule has 1 aromatic rings. The molecule has 2 unspecified atom stereocenters. The van der Waals surface area contributed by atoms with Gasteiger partial charge in [-0.05, 0) is 31.5 Å². The summed E-state index contributed by atoms with van der Waals surface area (Å²) in [6.07, 6.45) is 0. The summed E-state index contributed by atoms with van der Waals surface area (Å²) < 4.78 is 0. The van der Waals surface area contributed by atoms with Crippen molar-refractivity contribution in [2.45, 2.75) is 25.9 Å². The minimum Gasteiger partial charge on any atom is -0.368 e. The third kappa shape index (κ3) is 3.37. The largest absolute Gasteiger partial charge is 0.368 e. The van der Waals surface area contributed by atoms with Crippen molar-refractivity contribution in [1.29, 1.82) is 0 Å². The Bertz CT molecular complexity index is 396. The number of carbonyl (C=O) groups excluding carboxylic acids is 1. The molecule has 0 spiro atoms. The van der Waals surface area contributed by atoms with Gasteiger partial charge in [-0.2, -0.15) is 0 Å². The molecule has 0 bridgehead atoms. The van der Waals surface area contributed by atoms with Gasteiger partial charge in [0.05, 0.1) is 16.1 Å². The molecule has 1 aromatic carbocycles. The average Bonchev–Trinajstić information content (AvgIpc) is 2.21. The summed E-state index contributed by atoms with van der Waals surface area (Å²) in [5, 5.41) is 4.08. The Kier molecular flexibility index (Phi) is 4.59. The summed E-state index contributed by atoms with van der Waals surface area (Å²) in [6.45, 7) is 3.65. The first kappa shape index (κ1) is 13.3. The van der Waals surface area contributed by atoms with Crippen molar-refractivity contribution in [3.63, 3.8) is 0 Å². The van der Waals surface area contributed by atoms with Crippen LogP contribution in [0.5, 0.6) is 0 Å². The molecule has 1 amide bonds. The van der Waals surface area contributed by atoms with Gasteiger partial charge in [0.2, 0.25) is 5.91 Å². The van der Waals surface area contributed by atoms with Crippen molar-refractivity contribution in [3.8, 4) is 0 Å². The van der Waals surface area contributed by atoms with E-state index < -0.39 is 0 Å². The highest BCUT2D eigenvalue weighted by Crippen LogP contribution is 2.25. The zero-order valence-corrected chi connectivity index (χ0v) is 10.6. The molecule has 3 N–H and O–H groups in total. The van der Waals surface area contributed by atoms with Crippen LogP contribution >= 0.6 is 23.2 Å². The normalized spacial score (nSPS) is 14.5. The highest BCUT2D eigenvalue weighted by Gasteiger charge is 2.13. The summed E-state index contributed by atoms with van der Waals surface area (Å²) in [6, 6.07) is 4.96. The van der Waals surface area contributed by atoms with Crippen LogP contribution in [-0.4, -0.2) is 11.9 Å². The number of benzene rings is 1. The first-order valence-electron chi connectivity index (χ1n) is 4.92. The molecule has 0 aliphatic carbocycles. The predicted molar refractivity (Wildman–Crippen MR) is 66.7 cm³/mol. The van der Waals surface area contributed by atoms with Crippen LogP contribution in [0.15, 0.2) is 18.2 Å². The van der Waals surface area contributed by atoms with E-state index in [1.807, 2.05) is 13.0 Å². The molecule has 0 aliphatic rings. The molecule has 3 nitrogen and oxygen atoms in total. The van der Waals surface area contributed by atoms with Crippen molar-refractivity contribution in [1.82, 2.24) is 5.32 Å². The molecule has 0 saturated heterocycles. The zero-order chi connectivity index (χ0) is 12.3. The Balaban J connectivity index is 2.76. The lowest BCUT2D eigenvalue weighted by atomic mass is 10.1. The van der Waals surface area contributed by atoms with E-state index in [2.05, 4.69) is 5.32 Å². The van der Waals surface area contributed by atoms with Gasteiger partial charge in [0.25, 0.3) is 0 Å². The second-order valence-electron chi connectivity index (χ2n) is 3.69. The molecule has 0 heterocycles. The van der Waals surface area contributed by atoms with Gasteiger partial charge in [0.1, 0.15) is 0 Å². The number of amides is 1. The minimum atomic E-state index is -0.385. The zero-order valence-electron chi connectivity index (χ0n) is 9.13. The number of halogens is 2. The fourth-order valence-corrected chi connectivity index (χ4v) is 1.64. The topological polar surface area (TPSA) is 55.1 Å². The first-order valence-corrected chi connectivity index (χ1v) is 5.67. The van der Waals surface area contributed by atoms with E-state index in [1.54, 1.807) is 19.1 Å². The van der Waals surface area contributed by atoms with Crippen LogP contribution in [0, 0.1) is 0 Å². The molecule has 0 fully saturated rings. The molecule has 0 aliphatic heterocycles. The van der Waals surface area contributed by atoms with Crippen LogP contribution in [0.2, 0.25) is 10.0 Å². The van der Waals surface area contributed by atoms with E-state index in [4.69, 9.17) is 28.9 Å². The van der Waals surface area contributed by atoms with Crippen LogP contribution in [0.25, 0.3) is 0 Å². The monoisotopic (exact) mass is 260 g/mol. The van der Waals surface area contributed by atoms with Gasteiger partial charge in [-0.3, -0.25) is 10.1 Å². The smallest absolute Gasteiger partial charge is 0.234 e. The van der Waals surface area contributed by atoms with Crippen LogP contribution < -0.4 is 11.1 Å². The third-order valence-corrected chi connectivity index (χ3v) is 3.11. The summed E-state index contributed by atoms with van der Waals surface area (Å²) in [4.78, 5) is 10.9. The second-order valence-corrected chi connectivity index (χ2v) is 4.50. The molecule has 0 saturated carbocycles. The van der Waals surface area contributed by atoms with Crippen LogP contribution in [0.4, 0.5) is 0 Å². The standard InChI is InChI=1S/C11H14Cl2N2O/c1-6(15-7(2)11(14)16)8-3-4-9(12)10(13)5-8/h3-7,15H,1-2H3,(H2,14,16). The van der Waals surface area contributed by atoms with Crippen molar-refractivity contribution < 1.29 is 4.79 Å². The summed E-state index contributed by atoms with van der Waals surface area (Å²) in [5.41, 5.74) is 6.13.